The van der Waals surface area contributed by atoms with Crippen molar-refractivity contribution in [2.45, 2.75) is 26.7 Å². The van der Waals surface area contributed by atoms with Gasteiger partial charge < -0.3 is 9.47 Å². The first-order chi connectivity index (χ1) is 6.24. The first-order valence-corrected chi connectivity index (χ1v) is 5.02. The number of ether oxygens (including phenoxy) is 2. The Hall–Kier alpha value is -0.330. The zero-order valence-corrected chi connectivity index (χ0v) is 9.28. The van der Waals surface area contributed by atoms with Crippen molar-refractivity contribution in [1.29, 1.82) is 0 Å². The molecule has 0 amide bonds. The Bertz CT molecular complexity index is 200. The molecule has 0 aromatic rings. The van der Waals surface area contributed by atoms with Gasteiger partial charge >= 0.3 is 5.97 Å². The van der Waals surface area contributed by atoms with E-state index in [1.54, 1.807) is 20.8 Å². The van der Waals surface area contributed by atoms with Gasteiger partial charge in [-0.3, -0.25) is 9.09 Å². The van der Waals surface area contributed by atoms with E-state index in [1.165, 1.54) is 0 Å². The van der Waals surface area contributed by atoms with Crippen molar-refractivity contribution in [3.8, 4) is 11.8 Å². The second-order valence-electron chi connectivity index (χ2n) is 2.01. The average Bonchev–Trinajstić information content (AvgIpc) is 2.06. The van der Waals surface area contributed by atoms with Gasteiger partial charge in [0.1, 0.15) is 0 Å². The van der Waals surface area contributed by atoms with Crippen LogP contribution in [0.2, 0.25) is 0 Å². The van der Waals surface area contributed by atoms with E-state index in [4.69, 9.17) is 14.0 Å². The molecule has 76 valence electrons. The molecule has 5 heteroatoms. The maximum Gasteiger partial charge on any atom is 0.358 e. The molecular formula is C8H15O4P. The third kappa shape index (κ3) is 4.44. The SMILES string of the molecule is CC#CC(OCC)(OCC)O[PH2]=O. The Labute approximate surface area is 79.8 Å². The summed E-state index contributed by atoms with van der Waals surface area (Å²) in [5, 5.41) is 0. The largest absolute Gasteiger partial charge is 0.358 e. The molecule has 0 rings (SSSR count). The lowest BCUT2D eigenvalue weighted by Crippen LogP contribution is -2.35. The van der Waals surface area contributed by atoms with Crippen molar-refractivity contribution in [1.82, 2.24) is 0 Å². The van der Waals surface area contributed by atoms with Crippen molar-refractivity contribution >= 4 is 8.69 Å². The molecule has 13 heavy (non-hydrogen) atoms. The van der Waals surface area contributed by atoms with Gasteiger partial charge in [-0.1, -0.05) is 5.92 Å². The molecule has 0 saturated heterocycles. The minimum atomic E-state index is -1.44. The van der Waals surface area contributed by atoms with E-state index in [2.05, 4.69) is 11.8 Å². The van der Waals surface area contributed by atoms with Crippen LogP contribution >= 0.6 is 8.69 Å². The van der Waals surface area contributed by atoms with Crippen LogP contribution < -0.4 is 0 Å². The molecule has 0 heterocycles. The molecule has 0 aromatic carbocycles. The van der Waals surface area contributed by atoms with Crippen molar-refractivity contribution < 1.29 is 18.6 Å². The third-order valence-corrected chi connectivity index (χ3v) is 1.56. The molecule has 0 spiro atoms. The molecule has 0 radical (unpaired) electrons. The molecule has 0 aromatic heterocycles. The van der Waals surface area contributed by atoms with E-state index in [1.807, 2.05) is 0 Å². The van der Waals surface area contributed by atoms with Crippen LogP contribution in [0.15, 0.2) is 0 Å². The maximum atomic E-state index is 10.4. The van der Waals surface area contributed by atoms with Crippen molar-refractivity contribution in [3.63, 3.8) is 0 Å². The Morgan fingerprint density at radius 3 is 2.15 bits per heavy atom. The summed E-state index contributed by atoms with van der Waals surface area (Å²) < 4.78 is 25.6. The lowest BCUT2D eigenvalue weighted by molar-refractivity contribution is -0.297. The summed E-state index contributed by atoms with van der Waals surface area (Å²) >= 11 is 0. The maximum absolute atomic E-state index is 10.4. The van der Waals surface area contributed by atoms with Crippen LogP contribution in [0.5, 0.6) is 0 Å². The Balaban J connectivity index is 4.53. The zero-order chi connectivity index (χ0) is 10.2. The fraction of sp³-hybridized carbons (Fsp3) is 0.750. The fourth-order valence-corrected chi connectivity index (χ4v) is 1.13. The quantitative estimate of drug-likeness (QED) is 0.374. The zero-order valence-electron chi connectivity index (χ0n) is 8.12. The molecule has 0 bridgehead atoms. The van der Waals surface area contributed by atoms with Crippen molar-refractivity contribution in [2.24, 2.45) is 0 Å². The highest BCUT2D eigenvalue weighted by molar-refractivity contribution is 7.17. The van der Waals surface area contributed by atoms with Crippen molar-refractivity contribution in [3.05, 3.63) is 0 Å². The van der Waals surface area contributed by atoms with Crippen LogP contribution in [0.4, 0.5) is 0 Å². The molecule has 0 aliphatic heterocycles. The van der Waals surface area contributed by atoms with Crippen LogP contribution in [0, 0.1) is 11.8 Å². The van der Waals surface area contributed by atoms with Crippen molar-refractivity contribution in [2.75, 3.05) is 13.2 Å². The van der Waals surface area contributed by atoms with Crippen LogP contribution in [-0.4, -0.2) is 19.2 Å². The summed E-state index contributed by atoms with van der Waals surface area (Å²) in [6.45, 7) is 5.97. The number of rotatable bonds is 6. The van der Waals surface area contributed by atoms with E-state index < -0.39 is 14.7 Å². The Morgan fingerprint density at radius 1 is 1.31 bits per heavy atom. The second-order valence-corrected chi connectivity index (χ2v) is 2.44. The smallest absolute Gasteiger partial charge is 0.317 e. The van der Waals surface area contributed by atoms with E-state index >= 15 is 0 Å². The van der Waals surface area contributed by atoms with Gasteiger partial charge in [0, 0.05) is 0 Å². The van der Waals surface area contributed by atoms with Gasteiger partial charge in [-0.15, -0.1) is 0 Å². The highest BCUT2D eigenvalue weighted by Gasteiger charge is 2.30. The summed E-state index contributed by atoms with van der Waals surface area (Å²) in [5.41, 5.74) is 0. The topological polar surface area (TPSA) is 44.8 Å². The molecule has 4 nitrogen and oxygen atoms in total. The summed E-state index contributed by atoms with van der Waals surface area (Å²) in [6, 6.07) is 0. The molecule has 0 saturated carbocycles. The molecule has 1 unspecified atom stereocenters. The number of hydrogen-bond donors (Lipinski definition) is 0. The molecule has 0 aliphatic carbocycles. The van der Waals surface area contributed by atoms with E-state index in [0.29, 0.717) is 13.2 Å². The monoisotopic (exact) mass is 206 g/mol. The van der Waals surface area contributed by atoms with Crippen LogP contribution in [0.25, 0.3) is 0 Å². The first-order valence-electron chi connectivity index (χ1n) is 4.08. The van der Waals surface area contributed by atoms with Crippen LogP contribution in [-0.2, 0) is 18.6 Å². The fourth-order valence-electron chi connectivity index (χ4n) is 0.808. The predicted octanol–water partition coefficient (Wildman–Crippen LogP) is 1.42. The lowest BCUT2D eigenvalue weighted by atomic mass is 10.5. The van der Waals surface area contributed by atoms with Gasteiger partial charge in [0.15, 0.2) is 8.69 Å². The predicted molar refractivity (Wildman–Crippen MR) is 50.9 cm³/mol. The first kappa shape index (κ1) is 12.7. The Kier molecular flexibility index (Phi) is 6.93. The normalized spacial score (nSPS) is 11.6. The lowest BCUT2D eigenvalue weighted by Gasteiger charge is -2.24. The standard InChI is InChI=1S/C8H15O4P/c1-4-7-8(10-5-2,11-6-3)12-13-9/h5-6,13H2,1-3H3. The highest BCUT2D eigenvalue weighted by Crippen LogP contribution is 2.19. The van der Waals surface area contributed by atoms with E-state index in [-0.39, 0.29) is 0 Å². The molecule has 0 N–H and O–H groups in total. The van der Waals surface area contributed by atoms with Gasteiger partial charge in [0.2, 0.25) is 0 Å². The molecular weight excluding hydrogens is 191 g/mol. The minimum Gasteiger partial charge on any atom is -0.317 e. The van der Waals surface area contributed by atoms with Crippen LogP contribution in [0.3, 0.4) is 0 Å². The Morgan fingerprint density at radius 2 is 1.85 bits per heavy atom. The van der Waals surface area contributed by atoms with Gasteiger partial charge in [-0.25, -0.2) is 0 Å². The molecule has 1 atom stereocenters. The second kappa shape index (κ2) is 7.11. The van der Waals surface area contributed by atoms with Gasteiger partial charge in [-0.2, -0.15) is 0 Å². The van der Waals surface area contributed by atoms with E-state index in [9.17, 15) is 4.57 Å². The molecule has 0 fully saturated rings. The summed E-state index contributed by atoms with van der Waals surface area (Å²) in [6.07, 6.45) is 0. The minimum absolute atomic E-state index is 0.383. The summed E-state index contributed by atoms with van der Waals surface area (Å²) in [5.74, 6) is 3.78. The number of hydrogen-bond acceptors (Lipinski definition) is 4. The van der Waals surface area contributed by atoms with Gasteiger partial charge in [0.25, 0.3) is 0 Å². The van der Waals surface area contributed by atoms with E-state index in [0.717, 1.165) is 0 Å². The van der Waals surface area contributed by atoms with Gasteiger partial charge in [0.05, 0.1) is 13.2 Å². The third-order valence-electron chi connectivity index (χ3n) is 1.15. The molecule has 0 aliphatic rings. The average molecular weight is 206 g/mol. The van der Waals surface area contributed by atoms with Crippen LogP contribution in [0.1, 0.15) is 20.8 Å². The van der Waals surface area contributed by atoms with Gasteiger partial charge in [-0.05, 0) is 26.7 Å². The summed E-state index contributed by atoms with van der Waals surface area (Å²) in [7, 11) is -1.41. The highest BCUT2D eigenvalue weighted by atomic mass is 31.1. The summed E-state index contributed by atoms with van der Waals surface area (Å²) in [4.78, 5) is 0.